The third kappa shape index (κ3) is 8.95. The summed E-state index contributed by atoms with van der Waals surface area (Å²) in [4.78, 5) is 11.6. The number of ether oxygens (including phenoxy) is 6. The van der Waals surface area contributed by atoms with Crippen molar-refractivity contribution in [1.29, 1.82) is 0 Å². The summed E-state index contributed by atoms with van der Waals surface area (Å²) in [7, 11) is -8.72. The van der Waals surface area contributed by atoms with Crippen LogP contribution in [0.4, 0.5) is 140 Å². The predicted molar refractivity (Wildman–Crippen MR) is 109 cm³/mol. The molecule has 1 heterocycles. The quantitative estimate of drug-likeness (QED) is 0.0325. The van der Waals surface area contributed by atoms with Crippen molar-refractivity contribution in [3.8, 4) is 0 Å². The Balaban J connectivity index is 4.44. The summed E-state index contributed by atoms with van der Waals surface area (Å²) in [6.45, 7) is 0. The predicted octanol–water partition coefficient (Wildman–Crippen LogP) is 9.16. The second-order valence-electron chi connectivity index (χ2n) is 10.2. The molecule has 4 unspecified atom stereocenters. The van der Waals surface area contributed by atoms with Crippen LogP contribution >= 0.6 is 12.0 Å². The maximum absolute atomic E-state index is 15.7. The molecule has 0 aromatic heterocycles. The first-order valence-corrected chi connectivity index (χ1v) is 14.6. The van der Waals surface area contributed by atoms with Crippen LogP contribution in [-0.4, -0.2) is 109 Å². The number of halogens is 32. The van der Waals surface area contributed by atoms with E-state index < -0.39 is 123 Å². The molecule has 370 valence electrons. The van der Waals surface area contributed by atoms with Gasteiger partial charge in [-0.2, -0.15) is 140 Å². The number of alkyl halides is 30. The summed E-state index contributed by atoms with van der Waals surface area (Å²) in [5, 5.41) is -13.7. The highest BCUT2D eigenvalue weighted by Crippen LogP contribution is 2.68. The Hall–Kier alpha value is -2.75. The first kappa shape index (κ1) is 57.3. The summed E-state index contributed by atoms with van der Waals surface area (Å²) in [6, 6.07) is 0. The first-order valence-electron chi connectivity index (χ1n) is 12.5. The molecule has 1 rings (SSSR count). The fraction of sp³-hybridized carbons (Fsp3) is 0.941. The van der Waals surface area contributed by atoms with Crippen LogP contribution < -0.4 is 0 Å². The van der Waals surface area contributed by atoms with Gasteiger partial charge in [-0.1, -0.05) is 3.89 Å². The second kappa shape index (κ2) is 15.4. The number of carbonyl (C=O) groups excluding carboxylic acids is 1. The molecule has 1 saturated heterocycles. The van der Waals surface area contributed by atoms with E-state index in [1.165, 1.54) is 9.47 Å². The molecule has 0 spiro atoms. The average molecular weight is 1050 g/mol. The van der Waals surface area contributed by atoms with Gasteiger partial charge >= 0.3 is 111 Å². The van der Waals surface area contributed by atoms with E-state index in [0.717, 1.165) is 9.47 Å². The van der Waals surface area contributed by atoms with Gasteiger partial charge in [-0.3, -0.25) is 14.2 Å². The van der Waals surface area contributed by atoms with Gasteiger partial charge < -0.3 is 4.74 Å². The van der Waals surface area contributed by atoms with Gasteiger partial charge in [-0.25, -0.2) is 14.3 Å². The average Bonchev–Trinajstić information content (AvgIpc) is 3.28. The van der Waals surface area contributed by atoms with Crippen molar-refractivity contribution in [2.45, 2.75) is 95.0 Å². The number of hydrogen-bond donors (Lipinski definition) is 0. The largest absolute Gasteiger partial charge is 0.466 e. The van der Waals surface area contributed by atoms with E-state index in [-0.39, 0.29) is 0 Å². The molecule has 0 N–H and O–H groups in total. The molecule has 1 fully saturated rings. The zero-order valence-electron chi connectivity index (χ0n) is 25.9. The molecule has 11 nitrogen and oxygen atoms in total. The van der Waals surface area contributed by atoms with Crippen molar-refractivity contribution in [3.63, 3.8) is 0 Å². The Bertz CT molecular complexity index is 1760. The van der Waals surface area contributed by atoms with E-state index in [9.17, 15) is 145 Å². The smallest absolute Gasteiger partial charge is 0.392 e. The van der Waals surface area contributed by atoms with E-state index in [1.807, 2.05) is 0 Å². The molecule has 0 saturated carbocycles. The third-order valence-corrected chi connectivity index (χ3v) is 7.40. The molecular weight excluding hydrogens is 1050 g/mol. The Morgan fingerprint density at radius 1 is 0.532 bits per heavy atom. The zero-order valence-corrected chi connectivity index (χ0v) is 27.5. The Labute approximate surface area is 315 Å². The van der Waals surface area contributed by atoms with Crippen LogP contribution in [0.25, 0.3) is 0 Å². The maximum Gasteiger partial charge on any atom is 0.466 e. The Kier molecular flexibility index (Phi) is 14.2. The molecule has 0 aromatic carbocycles. The fourth-order valence-electron chi connectivity index (χ4n) is 3.13. The maximum atomic E-state index is 15.7. The third-order valence-electron chi connectivity index (χ3n) is 5.99. The SMILES string of the molecule is O=C(OC(F)(F)C1(C(F)(F)F)OC(F)(C(F)(F)OC(F)(F)C(F)(F)SOOF)C(F)(C(F)(F)OC(F)(F)C(F)(F)S(=O)(=O)F)O1)C(F)(OC(F)(F)C(F)(F)C(F)(F)F)C(F)(F)F. The van der Waals surface area contributed by atoms with Crippen molar-refractivity contribution >= 4 is 28.2 Å². The molecule has 0 aliphatic carbocycles. The van der Waals surface area contributed by atoms with E-state index in [2.05, 4.69) is 4.33 Å². The minimum Gasteiger partial charge on any atom is -0.392 e. The van der Waals surface area contributed by atoms with Crippen LogP contribution in [0.5, 0.6) is 0 Å². The first-order chi connectivity index (χ1) is 26.5. The van der Waals surface area contributed by atoms with E-state index in [1.54, 1.807) is 14.6 Å². The zero-order chi connectivity index (χ0) is 50.4. The molecule has 62 heavy (non-hydrogen) atoms. The topological polar surface area (TPSA) is 125 Å². The monoisotopic (exact) mass is 1050 g/mol. The molecule has 4 atom stereocenters. The summed E-state index contributed by atoms with van der Waals surface area (Å²) >= 11 is -2.82. The summed E-state index contributed by atoms with van der Waals surface area (Å²) in [5.41, 5.74) is 0. The lowest BCUT2D eigenvalue weighted by Gasteiger charge is -2.40. The van der Waals surface area contributed by atoms with Crippen LogP contribution in [0.3, 0.4) is 0 Å². The summed E-state index contributed by atoms with van der Waals surface area (Å²) < 4.78 is 470. The van der Waals surface area contributed by atoms with Crippen LogP contribution in [-0.2, 0) is 52.9 Å². The van der Waals surface area contributed by atoms with Crippen LogP contribution in [0.2, 0.25) is 0 Å². The van der Waals surface area contributed by atoms with Gasteiger partial charge in [-0.15, -0.1) is 4.33 Å². The molecule has 1 aliphatic rings. The molecule has 0 radical (unpaired) electrons. The van der Waals surface area contributed by atoms with Crippen molar-refractivity contribution in [2.75, 3.05) is 0 Å². The van der Waals surface area contributed by atoms with Crippen LogP contribution in [0.15, 0.2) is 0 Å². The standard InChI is InChI=1S/C17F32O11S2/c18-2(7(23,24)25,54-10(32,33)3(19,20)8(26,27)28)1(50)53-13(38,39)6(9(29,30)31)55-4(21,11(34,35)57-14(40,41)16(44,45)61-60-59-48)5(22,56-6)12(36,37)58-15(42,43)17(46,47)62(49,51)52. The van der Waals surface area contributed by atoms with E-state index in [4.69, 9.17) is 0 Å². The highest BCUT2D eigenvalue weighted by atomic mass is 32.3. The minimum atomic E-state index is -9.15. The van der Waals surface area contributed by atoms with Gasteiger partial charge in [0.1, 0.15) is 12.0 Å². The molecule has 45 heteroatoms. The van der Waals surface area contributed by atoms with E-state index in [0.29, 0.717) is 0 Å². The highest BCUT2D eigenvalue weighted by molar-refractivity contribution is 7.95. The molecule has 0 bridgehead atoms. The molecule has 1 aliphatic heterocycles. The second-order valence-corrected chi connectivity index (χ2v) is 12.4. The number of carbonyl (C=O) groups is 1. The van der Waals surface area contributed by atoms with Crippen molar-refractivity contribution in [2.24, 2.45) is 0 Å². The van der Waals surface area contributed by atoms with Crippen LogP contribution in [0.1, 0.15) is 0 Å². The molecular formula is C17F32O11S2. The highest BCUT2D eigenvalue weighted by Gasteiger charge is 2.99. The Morgan fingerprint density at radius 2 is 0.903 bits per heavy atom. The van der Waals surface area contributed by atoms with Crippen molar-refractivity contribution in [1.82, 2.24) is 0 Å². The fourth-order valence-corrected chi connectivity index (χ4v) is 3.70. The normalized spacial score (nSPS) is 24.9. The van der Waals surface area contributed by atoms with Gasteiger partial charge in [0.2, 0.25) is 0 Å². The molecule has 0 amide bonds. The van der Waals surface area contributed by atoms with Gasteiger partial charge in [0.05, 0.1) is 0 Å². The number of rotatable bonds is 18. The van der Waals surface area contributed by atoms with Crippen LogP contribution in [0, 0.1) is 0 Å². The van der Waals surface area contributed by atoms with E-state index >= 15 is 8.78 Å². The Morgan fingerprint density at radius 3 is 1.21 bits per heavy atom. The number of hydrogen-bond acceptors (Lipinski definition) is 12. The van der Waals surface area contributed by atoms with Gasteiger partial charge in [-0.05, 0) is 9.62 Å². The van der Waals surface area contributed by atoms with Gasteiger partial charge in [0.15, 0.2) is 0 Å². The number of esters is 1. The van der Waals surface area contributed by atoms with Gasteiger partial charge in [0, 0.05) is 0 Å². The van der Waals surface area contributed by atoms with Crippen molar-refractivity contribution in [3.05, 3.63) is 0 Å². The minimum absolute atomic E-state index is 1.10. The lowest BCUT2D eigenvalue weighted by Crippen LogP contribution is -2.69. The lowest BCUT2D eigenvalue weighted by molar-refractivity contribution is -0.525. The lowest BCUT2D eigenvalue weighted by atomic mass is 10.1. The summed E-state index contributed by atoms with van der Waals surface area (Å²) in [6.07, 6.45) is -77.3. The summed E-state index contributed by atoms with van der Waals surface area (Å²) in [5.74, 6) is -49.8. The van der Waals surface area contributed by atoms with Crippen molar-refractivity contribution < 1.29 is 191 Å². The van der Waals surface area contributed by atoms with Gasteiger partial charge in [0.25, 0.3) is 0 Å². The molecule has 0 aromatic rings.